The molecule has 0 aromatic heterocycles. The third-order valence-corrected chi connectivity index (χ3v) is 3.25. The molecule has 0 aliphatic rings. The van der Waals surface area contributed by atoms with E-state index in [0.29, 0.717) is 6.42 Å². The fourth-order valence-corrected chi connectivity index (χ4v) is 2.09. The van der Waals surface area contributed by atoms with Crippen LogP contribution in [0.2, 0.25) is 0 Å². The van der Waals surface area contributed by atoms with E-state index in [1.165, 1.54) is 0 Å². The molecule has 0 aliphatic carbocycles. The topological polar surface area (TPSA) is 72.5 Å². The fraction of sp³-hybridized carbons (Fsp3) is 0.417. The molecule has 17 heavy (non-hydrogen) atoms. The lowest BCUT2D eigenvalue weighted by Gasteiger charge is -2.15. The number of carbonyl (C=O) groups is 1. The summed E-state index contributed by atoms with van der Waals surface area (Å²) in [6, 6.07) is 5.23. The number of hydrogen-bond donors (Lipinski definition) is 2. The van der Waals surface area contributed by atoms with Crippen LogP contribution in [0, 0.1) is 5.92 Å². The molecule has 4 nitrogen and oxygen atoms in total. The summed E-state index contributed by atoms with van der Waals surface area (Å²) in [5.41, 5.74) is 6.86. The maximum absolute atomic E-state index is 10.7. The summed E-state index contributed by atoms with van der Waals surface area (Å²) in [6.45, 7) is 1.65. The van der Waals surface area contributed by atoms with Crippen LogP contribution < -0.4 is 10.5 Å². The average molecular weight is 302 g/mol. The monoisotopic (exact) mass is 301 g/mol. The maximum Gasteiger partial charge on any atom is 0.306 e. The van der Waals surface area contributed by atoms with Crippen molar-refractivity contribution < 1.29 is 14.6 Å². The van der Waals surface area contributed by atoms with Crippen molar-refractivity contribution in [2.75, 3.05) is 7.11 Å². The minimum absolute atomic E-state index is 0.289. The zero-order chi connectivity index (χ0) is 13.0. The van der Waals surface area contributed by atoms with Crippen LogP contribution in [0.3, 0.4) is 0 Å². The number of aliphatic carboxylic acids is 1. The molecule has 3 N–H and O–H groups in total. The van der Waals surface area contributed by atoms with Gasteiger partial charge in [0.15, 0.2) is 0 Å². The Morgan fingerprint density at radius 3 is 2.71 bits per heavy atom. The van der Waals surface area contributed by atoms with Gasteiger partial charge in [0.25, 0.3) is 0 Å². The minimum atomic E-state index is -0.826. The number of hydrogen-bond acceptors (Lipinski definition) is 3. The Bertz CT molecular complexity index is 409. The summed E-state index contributed by atoms with van der Waals surface area (Å²) in [6.07, 6.45) is 0.411. The quantitative estimate of drug-likeness (QED) is 0.877. The predicted molar refractivity (Wildman–Crippen MR) is 69.0 cm³/mol. The molecule has 0 spiro atoms. The van der Waals surface area contributed by atoms with Crippen LogP contribution >= 0.6 is 15.9 Å². The highest BCUT2D eigenvalue weighted by Crippen LogP contribution is 2.29. The van der Waals surface area contributed by atoms with Crippen molar-refractivity contribution >= 4 is 21.9 Å². The lowest BCUT2D eigenvalue weighted by atomic mass is 9.97. The molecule has 0 saturated heterocycles. The first kappa shape index (κ1) is 14.0. The molecule has 0 saturated carbocycles. The van der Waals surface area contributed by atoms with Crippen molar-refractivity contribution in [1.29, 1.82) is 0 Å². The Kier molecular flexibility index (Phi) is 4.96. The van der Waals surface area contributed by atoms with Gasteiger partial charge in [0.05, 0.1) is 17.5 Å². The van der Waals surface area contributed by atoms with Crippen molar-refractivity contribution in [1.82, 2.24) is 0 Å². The summed E-state index contributed by atoms with van der Waals surface area (Å²) < 4.78 is 5.93. The van der Waals surface area contributed by atoms with Crippen molar-refractivity contribution in [3.05, 3.63) is 28.2 Å². The molecule has 0 heterocycles. The van der Waals surface area contributed by atoms with E-state index in [0.717, 1.165) is 15.8 Å². The van der Waals surface area contributed by atoms with Gasteiger partial charge in [-0.3, -0.25) is 4.79 Å². The number of ether oxygens (including phenoxy) is 1. The van der Waals surface area contributed by atoms with Crippen LogP contribution in [0.5, 0.6) is 5.75 Å². The standard InChI is InChI=1S/C12H16BrNO3/c1-7(12(15)16)5-10(14)8-3-4-11(17-2)9(13)6-8/h3-4,6-7,10H,5,14H2,1-2H3,(H,15,16). The number of rotatable bonds is 5. The largest absolute Gasteiger partial charge is 0.496 e. The number of carboxylic acids is 1. The molecule has 0 fully saturated rings. The van der Waals surface area contributed by atoms with E-state index in [-0.39, 0.29) is 6.04 Å². The Balaban J connectivity index is 2.79. The molecule has 0 bridgehead atoms. The van der Waals surface area contributed by atoms with Gasteiger partial charge >= 0.3 is 5.97 Å². The molecule has 1 aromatic rings. The SMILES string of the molecule is COc1ccc(C(N)CC(C)C(=O)O)cc1Br. The highest BCUT2D eigenvalue weighted by Gasteiger charge is 2.17. The fourth-order valence-electron chi connectivity index (χ4n) is 1.53. The number of methoxy groups -OCH3 is 1. The zero-order valence-electron chi connectivity index (χ0n) is 9.81. The molecule has 0 radical (unpaired) electrons. The van der Waals surface area contributed by atoms with Gasteiger partial charge in [-0.1, -0.05) is 13.0 Å². The second kappa shape index (κ2) is 6.02. The molecule has 2 unspecified atom stereocenters. The lowest BCUT2D eigenvalue weighted by Crippen LogP contribution is -2.19. The second-order valence-corrected chi connectivity index (χ2v) is 4.83. The van der Waals surface area contributed by atoms with Crippen LogP contribution in [0.4, 0.5) is 0 Å². The lowest BCUT2D eigenvalue weighted by molar-refractivity contribution is -0.141. The van der Waals surface area contributed by atoms with Crippen LogP contribution in [-0.4, -0.2) is 18.2 Å². The van der Waals surface area contributed by atoms with E-state index in [9.17, 15) is 4.79 Å². The molecule has 94 valence electrons. The highest BCUT2D eigenvalue weighted by atomic mass is 79.9. The van der Waals surface area contributed by atoms with E-state index in [1.807, 2.05) is 18.2 Å². The number of nitrogens with two attached hydrogens (primary N) is 1. The first-order valence-electron chi connectivity index (χ1n) is 5.27. The molecule has 1 aromatic carbocycles. The van der Waals surface area contributed by atoms with Gasteiger partial charge in [-0.15, -0.1) is 0 Å². The van der Waals surface area contributed by atoms with E-state index in [4.69, 9.17) is 15.6 Å². The molecule has 2 atom stereocenters. The van der Waals surface area contributed by atoms with Crippen molar-refractivity contribution in [2.45, 2.75) is 19.4 Å². The molecule has 0 aliphatic heterocycles. The summed E-state index contributed by atoms with van der Waals surface area (Å²) in [5.74, 6) is -0.550. The first-order valence-corrected chi connectivity index (χ1v) is 6.06. The van der Waals surface area contributed by atoms with Gasteiger partial charge in [-0.05, 0) is 40.0 Å². The Morgan fingerprint density at radius 2 is 2.24 bits per heavy atom. The summed E-state index contributed by atoms with van der Waals surface area (Å²) in [4.78, 5) is 10.7. The number of carboxylic acid groups (broad SMARTS) is 1. The predicted octanol–water partition coefficient (Wildman–Crippen LogP) is 2.57. The molecule has 5 heteroatoms. The molecule has 0 amide bonds. The van der Waals surface area contributed by atoms with E-state index >= 15 is 0 Å². The van der Waals surface area contributed by atoms with Crippen LogP contribution in [0.1, 0.15) is 24.9 Å². The number of halogens is 1. The van der Waals surface area contributed by atoms with Crippen molar-refractivity contribution in [3.63, 3.8) is 0 Å². The normalized spacial score (nSPS) is 14.1. The van der Waals surface area contributed by atoms with Gasteiger partial charge in [-0.25, -0.2) is 0 Å². The second-order valence-electron chi connectivity index (χ2n) is 3.98. The Hall–Kier alpha value is -1.07. The number of benzene rings is 1. The summed E-state index contributed by atoms with van der Waals surface area (Å²) in [7, 11) is 1.59. The van der Waals surface area contributed by atoms with Crippen molar-refractivity contribution in [3.8, 4) is 5.75 Å². The highest BCUT2D eigenvalue weighted by molar-refractivity contribution is 9.10. The average Bonchev–Trinajstić information content (AvgIpc) is 2.28. The minimum Gasteiger partial charge on any atom is -0.496 e. The van der Waals surface area contributed by atoms with Gasteiger partial charge < -0.3 is 15.6 Å². The van der Waals surface area contributed by atoms with Gasteiger partial charge in [0.2, 0.25) is 0 Å². The Morgan fingerprint density at radius 1 is 1.59 bits per heavy atom. The van der Waals surface area contributed by atoms with E-state index in [1.54, 1.807) is 14.0 Å². The van der Waals surface area contributed by atoms with Crippen LogP contribution in [0.25, 0.3) is 0 Å². The smallest absolute Gasteiger partial charge is 0.306 e. The Labute approximate surface area is 109 Å². The maximum atomic E-state index is 10.7. The third kappa shape index (κ3) is 3.71. The van der Waals surface area contributed by atoms with Gasteiger partial charge in [-0.2, -0.15) is 0 Å². The van der Waals surface area contributed by atoms with E-state index < -0.39 is 11.9 Å². The molecular formula is C12H16BrNO3. The summed E-state index contributed by atoms with van der Waals surface area (Å²) in [5, 5.41) is 8.83. The van der Waals surface area contributed by atoms with E-state index in [2.05, 4.69) is 15.9 Å². The first-order chi connectivity index (χ1) is 7.95. The van der Waals surface area contributed by atoms with Crippen LogP contribution in [0.15, 0.2) is 22.7 Å². The molecular weight excluding hydrogens is 286 g/mol. The van der Waals surface area contributed by atoms with Crippen LogP contribution in [-0.2, 0) is 4.79 Å². The van der Waals surface area contributed by atoms with Crippen molar-refractivity contribution in [2.24, 2.45) is 11.7 Å². The van der Waals surface area contributed by atoms with Gasteiger partial charge in [0.1, 0.15) is 5.75 Å². The molecule has 1 rings (SSSR count). The third-order valence-electron chi connectivity index (χ3n) is 2.63. The zero-order valence-corrected chi connectivity index (χ0v) is 11.4. The van der Waals surface area contributed by atoms with Gasteiger partial charge in [0, 0.05) is 6.04 Å². The summed E-state index contributed by atoms with van der Waals surface area (Å²) >= 11 is 3.37.